The largest absolute Gasteiger partial charge is 0.347 e. The van der Waals surface area contributed by atoms with Crippen LogP contribution in [0.5, 0.6) is 0 Å². The van der Waals surface area contributed by atoms with E-state index in [2.05, 4.69) is 24.1 Å². The number of aromatic nitrogens is 1. The Labute approximate surface area is 126 Å². The summed E-state index contributed by atoms with van der Waals surface area (Å²) in [5.41, 5.74) is 5.58. The Morgan fingerprint density at radius 2 is 2.20 bits per heavy atom. The molecule has 1 amide bonds. The second-order valence-electron chi connectivity index (χ2n) is 5.20. The van der Waals surface area contributed by atoms with E-state index in [1.165, 1.54) is 4.88 Å². The minimum absolute atomic E-state index is 0.00221. The van der Waals surface area contributed by atoms with E-state index < -0.39 is 0 Å². The van der Waals surface area contributed by atoms with Crippen molar-refractivity contribution in [2.24, 2.45) is 11.7 Å². The van der Waals surface area contributed by atoms with Crippen molar-refractivity contribution in [3.63, 3.8) is 0 Å². The van der Waals surface area contributed by atoms with Crippen LogP contribution in [0.3, 0.4) is 0 Å². The molecule has 0 aliphatic carbocycles. The van der Waals surface area contributed by atoms with Gasteiger partial charge in [0.15, 0.2) is 0 Å². The molecular formula is C15H27N3OS. The molecule has 0 saturated heterocycles. The van der Waals surface area contributed by atoms with Gasteiger partial charge in [0.2, 0.25) is 5.91 Å². The van der Waals surface area contributed by atoms with Crippen LogP contribution >= 0.6 is 11.3 Å². The van der Waals surface area contributed by atoms with E-state index in [-0.39, 0.29) is 11.9 Å². The number of carbonyl (C=O) groups is 1. The molecular weight excluding hydrogens is 270 g/mol. The highest BCUT2D eigenvalue weighted by Gasteiger charge is 2.14. The van der Waals surface area contributed by atoms with Crippen molar-refractivity contribution >= 4 is 17.2 Å². The van der Waals surface area contributed by atoms with Gasteiger partial charge in [-0.3, -0.25) is 4.79 Å². The Morgan fingerprint density at radius 3 is 2.75 bits per heavy atom. The zero-order chi connectivity index (χ0) is 15.0. The van der Waals surface area contributed by atoms with Gasteiger partial charge in [0.1, 0.15) is 5.01 Å². The van der Waals surface area contributed by atoms with Gasteiger partial charge in [0.05, 0.1) is 6.04 Å². The van der Waals surface area contributed by atoms with Crippen LogP contribution in [0.2, 0.25) is 0 Å². The molecule has 0 bridgehead atoms. The molecule has 1 aromatic rings. The maximum absolute atomic E-state index is 12.0. The van der Waals surface area contributed by atoms with Gasteiger partial charge >= 0.3 is 0 Å². The lowest BCUT2D eigenvalue weighted by Gasteiger charge is -2.15. The second kappa shape index (κ2) is 9.08. The molecule has 2 unspecified atom stereocenters. The Balaban J connectivity index is 2.37. The fourth-order valence-electron chi connectivity index (χ4n) is 2.19. The average molecular weight is 297 g/mol. The van der Waals surface area contributed by atoms with Gasteiger partial charge in [-0.2, -0.15) is 0 Å². The van der Waals surface area contributed by atoms with Crippen LogP contribution in [-0.2, 0) is 11.2 Å². The van der Waals surface area contributed by atoms with Gasteiger partial charge in [-0.1, -0.05) is 20.3 Å². The Bertz CT molecular complexity index is 406. The van der Waals surface area contributed by atoms with E-state index in [0.29, 0.717) is 18.9 Å². The van der Waals surface area contributed by atoms with Gasteiger partial charge in [-0.15, -0.1) is 11.3 Å². The number of nitrogens with zero attached hydrogens (tertiary/aromatic N) is 1. The lowest BCUT2D eigenvalue weighted by Crippen LogP contribution is -2.27. The molecule has 5 heteroatoms. The molecule has 0 spiro atoms. The molecule has 0 saturated carbocycles. The SMILES string of the molecule is CCc1cnc(C(C)NC(=O)CCC(CC)CCN)s1. The molecule has 0 radical (unpaired) electrons. The number of aryl methyl sites for hydroxylation is 1. The van der Waals surface area contributed by atoms with Gasteiger partial charge in [-0.05, 0) is 38.6 Å². The van der Waals surface area contributed by atoms with E-state index in [9.17, 15) is 4.79 Å². The standard InChI is InChI=1S/C15H27N3OS/c1-4-12(8-9-16)6-7-14(19)18-11(3)15-17-10-13(5-2)20-15/h10-12H,4-9,16H2,1-3H3,(H,18,19). The van der Waals surface area contributed by atoms with Crippen LogP contribution in [0.1, 0.15) is 62.4 Å². The first-order valence-corrected chi connectivity index (χ1v) is 8.36. The number of amides is 1. The summed E-state index contributed by atoms with van der Waals surface area (Å²) >= 11 is 1.68. The maximum atomic E-state index is 12.0. The number of thiazole rings is 1. The Kier molecular flexibility index (Phi) is 7.77. The molecule has 4 nitrogen and oxygen atoms in total. The number of hydrogen-bond acceptors (Lipinski definition) is 4. The van der Waals surface area contributed by atoms with Crippen LogP contribution in [0.15, 0.2) is 6.20 Å². The predicted molar refractivity (Wildman–Crippen MR) is 84.7 cm³/mol. The summed E-state index contributed by atoms with van der Waals surface area (Å²) in [6, 6.07) is 0.00221. The van der Waals surface area contributed by atoms with Crippen molar-refractivity contribution in [2.75, 3.05) is 6.54 Å². The van der Waals surface area contributed by atoms with Crippen molar-refractivity contribution in [3.05, 3.63) is 16.1 Å². The molecule has 3 N–H and O–H groups in total. The van der Waals surface area contributed by atoms with Gasteiger partial charge in [-0.25, -0.2) is 4.98 Å². The molecule has 1 rings (SSSR count). The summed E-state index contributed by atoms with van der Waals surface area (Å²) in [7, 11) is 0. The highest BCUT2D eigenvalue weighted by atomic mass is 32.1. The topological polar surface area (TPSA) is 68.0 Å². The number of hydrogen-bond donors (Lipinski definition) is 2. The zero-order valence-corrected chi connectivity index (χ0v) is 13.6. The van der Waals surface area contributed by atoms with E-state index in [0.717, 1.165) is 30.7 Å². The van der Waals surface area contributed by atoms with Crippen molar-refractivity contribution in [1.82, 2.24) is 10.3 Å². The summed E-state index contributed by atoms with van der Waals surface area (Å²) in [4.78, 5) is 17.6. The number of nitrogens with two attached hydrogens (primary N) is 1. The third kappa shape index (κ3) is 5.59. The fraction of sp³-hybridized carbons (Fsp3) is 0.733. The van der Waals surface area contributed by atoms with Crippen LogP contribution in [0.4, 0.5) is 0 Å². The number of rotatable bonds is 9. The van der Waals surface area contributed by atoms with Gasteiger partial charge < -0.3 is 11.1 Å². The van der Waals surface area contributed by atoms with E-state index >= 15 is 0 Å². The lowest BCUT2D eigenvalue weighted by atomic mass is 9.96. The molecule has 0 aliphatic heterocycles. The van der Waals surface area contributed by atoms with Crippen LogP contribution < -0.4 is 11.1 Å². The Hall–Kier alpha value is -0.940. The smallest absolute Gasteiger partial charge is 0.220 e. The zero-order valence-electron chi connectivity index (χ0n) is 12.8. The van der Waals surface area contributed by atoms with Gasteiger partial charge in [0, 0.05) is 17.5 Å². The summed E-state index contributed by atoms with van der Waals surface area (Å²) < 4.78 is 0. The third-order valence-corrected chi connectivity index (χ3v) is 4.92. The first kappa shape index (κ1) is 17.1. The first-order chi connectivity index (χ1) is 9.60. The predicted octanol–water partition coefficient (Wildman–Crippen LogP) is 3.04. The second-order valence-corrected chi connectivity index (χ2v) is 6.34. The van der Waals surface area contributed by atoms with Crippen molar-refractivity contribution in [3.8, 4) is 0 Å². The van der Waals surface area contributed by atoms with E-state index in [4.69, 9.17) is 5.73 Å². The summed E-state index contributed by atoms with van der Waals surface area (Å²) in [6.07, 6.45) is 6.49. The molecule has 1 aromatic heterocycles. The molecule has 0 fully saturated rings. The summed E-state index contributed by atoms with van der Waals surface area (Å²) in [5, 5.41) is 4.02. The van der Waals surface area contributed by atoms with Crippen LogP contribution in [-0.4, -0.2) is 17.4 Å². The minimum atomic E-state index is 0.00221. The molecule has 0 aliphatic rings. The summed E-state index contributed by atoms with van der Waals surface area (Å²) in [5.74, 6) is 0.675. The minimum Gasteiger partial charge on any atom is -0.347 e. The molecule has 0 aromatic carbocycles. The molecule has 114 valence electrons. The average Bonchev–Trinajstić information content (AvgIpc) is 2.92. The van der Waals surface area contributed by atoms with Crippen molar-refractivity contribution < 1.29 is 4.79 Å². The molecule has 1 heterocycles. The van der Waals surface area contributed by atoms with Crippen LogP contribution in [0.25, 0.3) is 0 Å². The van der Waals surface area contributed by atoms with E-state index in [1.807, 2.05) is 13.1 Å². The van der Waals surface area contributed by atoms with Gasteiger partial charge in [0.25, 0.3) is 0 Å². The third-order valence-electron chi connectivity index (χ3n) is 3.60. The van der Waals surface area contributed by atoms with Crippen molar-refractivity contribution in [2.45, 2.75) is 58.9 Å². The number of nitrogens with one attached hydrogen (secondary N) is 1. The Morgan fingerprint density at radius 1 is 1.45 bits per heavy atom. The quantitative estimate of drug-likeness (QED) is 0.736. The maximum Gasteiger partial charge on any atom is 0.220 e. The fourth-order valence-corrected chi connectivity index (χ4v) is 3.04. The highest BCUT2D eigenvalue weighted by Crippen LogP contribution is 2.21. The molecule has 2 atom stereocenters. The lowest BCUT2D eigenvalue weighted by molar-refractivity contribution is -0.122. The summed E-state index contributed by atoms with van der Waals surface area (Å²) in [6.45, 7) is 6.97. The normalized spacial score (nSPS) is 14.0. The van der Waals surface area contributed by atoms with E-state index in [1.54, 1.807) is 11.3 Å². The van der Waals surface area contributed by atoms with Crippen LogP contribution in [0, 0.1) is 5.92 Å². The monoisotopic (exact) mass is 297 g/mol. The highest BCUT2D eigenvalue weighted by molar-refractivity contribution is 7.11. The van der Waals surface area contributed by atoms with Crippen molar-refractivity contribution in [1.29, 1.82) is 0 Å². The first-order valence-electron chi connectivity index (χ1n) is 7.54. The number of carbonyl (C=O) groups excluding carboxylic acids is 1. The molecule has 20 heavy (non-hydrogen) atoms.